The molecule has 0 unspecified atom stereocenters. The summed E-state index contributed by atoms with van der Waals surface area (Å²) in [7, 11) is 0. The van der Waals surface area contributed by atoms with Gasteiger partial charge < -0.3 is 19.9 Å². The molecule has 2 aromatic carbocycles. The van der Waals surface area contributed by atoms with E-state index in [4.69, 9.17) is 4.74 Å². The number of hydrogen-bond acceptors (Lipinski definition) is 3. The molecule has 1 aliphatic heterocycles. The number of aromatic nitrogens is 1. The van der Waals surface area contributed by atoms with Crippen LogP contribution in [-0.2, 0) is 24.2 Å². The maximum Gasteiger partial charge on any atom is 0.318 e. The second-order valence-corrected chi connectivity index (χ2v) is 8.06. The standard InChI is InChI=1S/C25H29N3O3/c1-2-18-10-11-23-20(13-18)14-21(24(29)27-23)16-28(17-22-9-6-12-31-22)25(30)26-15-19-7-4-3-5-8-19/h3-5,7-8,10-11,13-14,22H,2,6,9,12,15-17H2,1H3,(H,26,30)(H,27,29)/t22-/m0/s1. The summed E-state index contributed by atoms with van der Waals surface area (Å²) >= 11 is 0. The Kier molecular flexibility index (Phi) is 6.67. The molecule has 2 amide bonds. The third-order valence-corrected chi connectivity index (χ3v) is 5.78. The number of amides is 2. The van der Waals surface area contributed by atoms with Gasteiger partial charge in [0, 0.05) is 30.8 Å². The lowest BCUT2D eigenvalue weighted by Gasteiger charge is -2.26. The molecule has 0 aliphatic carbocycles. The van der Waals surface area contributed by atoms with Gasteiger partial charge in [-0.2, -0.15) is 0 Å². The molecule has 1 aromatic heterocycles. The second-order valence-electron chi connectivity index (χ2n) is 8.06. The Hall–Kier alpha value is -3.12. The molecule has 162 valence electrons. The number of carbonyl (C=O) groups is 1. The minimum absolute atomic E-state index is 0.00806. The van der Waals surface area contributed by atoms with Crippen LogP contribution in [0.5, 0.6) is 0 Å². The molecule has 1 fully saturated rings. The summed E-state index contributed by atoms with van der Waals surface area (Å²) in [6.07, 6.45) is 2.86. The van der Waals surface area contributed by atoms with Gasteiger partial charge in [0.2, 0.25) is 0 Å². The first-order valence-corrected chi connectivity index (χ1v) is 11.0. The van der Waals surface area contributed by atoms with E-state index in [1.54, 1.807) is 4.90 Å². The molecule has 2 N–H and O–H groups in total. The summed E-state index contributed by atoms with van der Waals surface area (Å²) in [5, 5.41) is 3.97. The fourth-order valence-corrected chi connectivity index (χ4v) is 3.98. The first-order chi connectivity index (χ1) is 15.1. The molecular weight excluding hydrogens is 390 g/mol. The summed E-state index contributed by atoms with van der Waals surface area (Å²) in [4.78, 5) is 30.4. The van der Waals surface area contributed by atoms with Crippen molar-refractivity contribution < 1.29 is 9.53 Å². The van der Waals surface area contributed by atoms with E-state index >= 15 is 0 Å². The molecule has 1 atom stereocenters. The second kappa shape index (κ2) is 9.79. The summed E-state index contributed by atoms with van der Waals surface area (Å²) in [5.74, 6) is 0. The quantitative estimate of drug-likeness (QED) is 0.608. The Morgan fingerprint density at radius 2 is 2.00 bits per heavy atom. The van der Waals surface area contributed by atoms with E-state index in [1.807, 2.05) is 48.5 Å². The Balaban J connectivity index is 1.55. The number of aryl methyl sites for hydroxylation is 1. The maximum absolute atomic E-state index is 13.0. The summed E-state index contributed by atoms with van der Waals surface area (Å²) in [5.41, 5.74) is 3.47. The van der Waals surface area contributed by atoms with Gasteiger partial charge in [0.1, 0.15) is 0 Å². The van der Waals surface area contributed by atoms with Gasteiger partial charge >= 0.3 is 6.03 Å². The minimum Gasteiger partial charge on any atom is -0.376 e. The van der Waals surface area contributed by atoms with Crippen molar-refractivity contribution in [1.82, 2.24) is 15.2 Å². The number of nitrogens with zero attached hydrogens (tertiary/aromatic N) is 1. The number of rotatable bonds is 7. The van der Waals surface area contributed by atoms with Crippen molar-refractivity contribution >= 4 is 16.9 Å². The van der Waals surface area contributed by atoms with E-state index in [-0.39, 0.29) is 24.2 Å². The van der Waals surface area contributed by atoms with Gasteiger partial charge in [-0.05, 0) is 54.0 Å². The number of nitrogens with one attached hydrogen (secondary N) is 2. The SMILES string of the molecule is CCc1ccc2[nH]c(=O)c(CN(C[C@@H]3CCCO3)C(=O)NCc3ccccc3)cc2c1. The molecule has 6 heteroatoms. The van der Waals surface area contributed by atoms with Crippen LogP contribution in [0.3, 0.4) is 0 Å². The molecule has 31 heavy (non-hydrogen) atoms. The van der Waals surface area contributed by atoms with Gasteiger partial charge in [0.25, 0.3) is 5.56 Å². The highest BCUT2D eigenvalue weighted by Crippen LogP contribution is 2.17. The zero-order valence-corrected chi connectivity index (χ0v) is 17.9. The lowest BCUT2D eigenvalue weighted by molar-refractivity contribution is 0.0793. The van der Waals surface area contributed by atoms with Crippen molar-refractivity contribution in [2.24, 2.45) is 0 Å². The molecular formula is C25H29N3O3. The van der Waals surface area contributed by atoms with Gasteiger partial charge in [-0.1, -0.05) is 43.3 Å². The van der Waals surface area contributed by atoms with Crippen molar-refractivity contribution in [3.63, 3.8) is 0 Å². The number of fused-ring (bicyclic) bond motifs is 1. The van der Waals surface area contributed by atoms with Gasteiger partial charge in [-0.3, -0.25) is 4.79 Å². The molecule has 0 spiro atoms. The highest BCUT2D eigenvalue weighted by molar-refractivity contribution is 5.80. The first-order valence-electron chi connectivity index (χ1n) is 11.0. The van der Waals surface area contributed by atoms with Crippen molar-refractivity contribution in [2.75, 3.05) is 13.2 Å². The minimum atomic E-state index is -0.193. The monoisotopic (exact) mass is 419 g/mol. The van der Waals surface area contributed by atoms with Crippen LogP contribution in [0.15, 0.2) is 59.4 Å². The van der Waals surface area contributed by atoms with E-state index in [9.17, 15) is 9.59 Å². The van der Waals surface area contributed by atoms with Crippen LogP contribution in [0.4, 0.5) is 4.79 Å². The number of hydrogen-bond donors (Lipinski definition) is 2. The predicted molar refractivity (Wildman–Crippen MR) is 122 cm³/mol. The van der Waals surface area contributed by atoms with Crippen LogP contribution in [-0.4, -0.2) is 35.2 Å². The fourth-order valence-electron chi connectivity index (χ4n) is 3.98. The van der Waals surface area contributed by atoms with E-state index in [0.717, 1.165) is 42.3 Å². The van der Waals surface area contributed by atoms with Crippen LogP contribution in [0, 0.1) is 0 Å². The van der Waals surface area contributed by atoms with Crippen LogP contribution in [0.2, 0.25) is 0 Å². The van der Waals surface area contributed by atoms with Gasteiger partial charge in [0.15, 0.2) is 0 Å². The number of carbonyl (C=O) groups excluding carboxylic acids is 1. The van der Waals surface area contributed by atoms with Crippen LogP contribution in [0.1, 0.15) is 36.5 Å². The smallest absolute Gasteiger partial charge is 0.318 e. The van der Waals surface area contributed by atoms with E-state index in [1.165, 1.54) is 5.56 Å². The van der Waals surface area contributed by atoms with E-state index in [0.29, 0.717) is 18.7 Å². The zero-order chi connectivity index (χ0) is 21.6. The van der Waals surface area contributed by atoms with Gasteiger partial charge in [0.05, 0.1) is 12.6 Å². The summed E-state index contributed by atoms with van der Waals surface area (Å²) in [6.45, 7) is 3.97. The zero-order valence-electron chi connectivity index (χ0n) is 17.9. The highest BCUT2D eigenvalue weighted by atomic mass is 16.5. The molecule has 0 saturated carbocycles. The Labute approximate surface area is 182 Å². The highest BCUT2D eigenvalue weighted by Gasteiger charge is 2.23. The molecule has 2 heterocycles. The Bertz CT molecular complexity index is 1090. The lowest BCUT2D eigenvalue weighted by atomic mass is 10.1. The van der Waals surface area contributed by atoms with Crippen LogP contribution in [0.25, 0.3) is 10.9 Å². The maximum atomic E-state index is 13.0. The third-order valence-electron chi connectivity index (χ3n) is 5.78. The average Bonchev–Trinajstić information content (AvgIpc) is 3.31. The Morgan fingerprint density at radius 1 is 1.16 bits per heavy atom. The number of benzene rings is 2. The fraction of sp³-hybridized carbons (Fsp3) is 0.360. The van der Waals surface area contributed by atoms with Gasteiger partial charge in [-0.25, -0.2) is 4.79 Å². The number of pyridine rings is 1. The topological polar surface area (TPSA) is 74.4 Å². The molecule has 0 radical (unpaired) electrons. The predicted octanol–water partition coefficient (Wildman–Crippen LogP) is 3.98. The van der Waals surface area contributed by atoms with Crippen LogP contribution < -0.4 is 10.9 Å². The molecule has 6 nitrogen and oxygen atoms in total. The molecule has 1 saturated heterocycles. The number of H-pyrrole nitrogens is 1. The number of urea groups is 1. The largest absolute Gasteiger partial charge is 0.376 e. The normalized spacial score (nSPS) is 15.8. The van der Waals surface area contributed by atoms with E-state index < -0.39 is 0 Å². The molecule has 3 aromatic rings. The number of aromatic amines is 1. The molecule has 1 aliphatic rings. The average molecular weight is 420 g/mol. The van der Waals surface area contributed by atoms with Crippen LogP contribution >= 0.6 is 0 Å². The van der Waals surface area contributed by atoms with E-state index in [2.05, 4.69) is 23.3 Å². The molecule has 0 bridgehead atoms. The van der Waals surface area contributed by atoms with Gasteiger partial charge in [-0.15, -0.1) is 0 Å². The number of ether oxygens (including phenoxy) is 1. The third kappa shape index (κ3) is 5.33. The molecule has 4 rings (SSSR count). The van der Waals surface area contributed by atoms with Crippen molar-refractivity contribution in [2.45, 2.75) is 45.4 Å². The summed E-state index contributed by atoms with van der Waals surface area (Å²) < 4.78 is 5.76. The summed E-state index contributed by atoms with van der Waals surface area (Å²) in [6, 6.07) is 17.6. The first kappa shape index (κ1) is 21.1. The van der Waals surface area contributed by atoms with Crippen molar-refractivity contribution in [1.29, 1.82) is 0 Å². The Morgan fingerprint density at radius 3 is 2.74 bits per heavy atom. The van der Waals surface area contributed by atoms with Crippen molar-refractivity contribution in [3.05, 3.63) is 81.6 Å². The lowest BCUT2D eigenvalue weighted by Crippen LogP contribution is -2.43. The van der Waals surface area contributed by atoms with Crippen molar-refractivity contribution in [3.8, 4) is 0 Å².